The van der Waals surface area contributed by atoms with Crippen LogP contribution in [0.15, 0.2) is 53.4 Å². The number of para-hydroxylation sites is 1. The molecule has 1 aromatic heterocycles. The highest BCUT2D eigenvalue weighted by Gasteiger charge is 2.21. The van der Waals surface area contributed by atoms with Crippen LogP contribution in [0.4, 0.5) is 9.52 Å². The summed E-state index contributed by atoms with van der Waals surface area (Å²) in [6, 6.07) is 14.8. The quantitative estimate of drug-likeness (QED) is 0.410. The van der Waals surface area contributed by atoms with Crippen molar-refractivity contribution in [3.8, 4) is 0 Å². The van der Waals surface area contributed by atoms with Gasteiger partial charge in [-0.15, -0.1) is 24.2 Å². The van der Waals surface area contributed by atoms with Crippen molar-refractivity contribution in [3.63, 3.8) is 0 Å². The van der Waals surface area contributed by atoms with Gasteiger partial charge in [-0.2, -0.15) is 0 Å². The minimum absolute atomic E-state index is 0. The van der Waals surface area contributed by atoms with E-state index in [1.807, 2.05) is 36.4 Å². The van der Waals surface area contributed by atoms with Gasteiger partial charge in [-0.3, -0.25) is 9.69 Å². The third-order valence-electron chi connectivity index (χ3n) is 4.53. The topological polar surface area (TPSA) is 36.4 Å². The fourth-order valence-electron chi connectivity index (χ4n) is 2.87. The number of hydrogen-bond donors (Lipinski definition) is 0. The van der Waals surface area contributed by atoms with Gasteiger partial charge in [-0.05, 0) is 37.4 Å². The Morgan fingerprint density at radius 3 is 2.45 bits per heavy atom. The molecule has 156 valence electrons. The molecule has 2 aromatic carbocycles. The summed E-state index contributed by atoms with van der Waals surface area (Å²) in [6.07, 6.45) is 0. The summed E-state index contributed by atoms with van der Waals surface area (Å²) >= 11 is 2.87. The van der Waals surface area contributed by atoms with Crippen LogP contribution in [0, 0.1) is 5.82 Å². The third kappa shape index (κ3) is 6.15. The zero-order chi connectivity index (χ0) is 19.9. The number of aromatic nitrogens is 1. The number of halogens is 2. The van der Waals surface area contributed by atoms with Crippen molar-refractivity contribution in [2.45, 2.75) is 18.7 Å². The molecule has 0 atom stereocenters. The van der Waals surface area contributed by atoms with E-state index in [1.165, 1.54) is 29.2 Å². The van der Waals surface area contributed by atoms with Crippen molar-refractivity contribution in [2.24, 2.45) is 0 Å². The van der Waals surface area contributed by atoms with E-state index in [0.29, 0.717) is 22.9 Å². The van der Waals surface area contributed by atoms with E-state index in [2.05, 4.69) is 23.7 Å². The second kappa shape index (κ2) is 11.5. The van der Waals surface area contributed by atoms with Crippen molar-refractivity contribution in [3.05, 3.63) is 54.3 Å². The van der Waals surface area contributed by atoms with Crippen molar-refractivity contribution >= 4 is 56.8 Å². The molecule has 0 saturated carbocycles. The second-order valence-electron chi connectivity index (χ2n) is 6.26. The Balaban J connectivity index is 0.00000300. The highest BCUT2D eigenvalue weighted by Crippen LogP contribution is 2.31. The van der Waals surface area contributed by atoms with Crippen LogP contribution in [0.3, 0.4) is 0 Å². The predicted molar refractivity (Wildman–Crippen MR) is 124 cm³/mol. The van der Waals surface area contributed by atoms with E-state index in [4.69, 9.17) is 0 Å². The first kappa shape index (κ1) is 23.6. The molecule has 0 saturated heterocycles. The molecule has 29 heavy (non-hydrogen) atoms. The van der Waals surface area contributed by atoms with Crippen LogP contribution in [-0.4, -0.2) is 47.7 Å². The molecule has 4 nitrogen and oxygen atoms in total. The Morgan fingerprint density at radius 1 is 1.07 bits per heavy atom. The molecule has 0 bridgehead atoms. The van der Waals surface area contributed by atoms with Crippen molar-refractivity contribution in [2.75, 3.05) is 36.8 Å². The molecule has 8 heteroatoms. The lowest BCUT2D eigenvalue weighted by Gasteiger charge is -2.24. The maximum Gasteiger partial charge on any atom is 0.239 e. The minimum atomic E-state index is -0.352. The molecule has 0 fully saturated rings. The second-order valence-corrected chi connectivity index (χ2v) is 8.31. The number of likely N-dealkylation sites (N-methyl/N-ethyl adjacent to an activating group) is 1. The normalized spacial score (nSPS) is 10.9. The van der Waals surface area contributed by atoms with Crippen LogP contribution in [0.5, 0.6) is 0 Å². The number of rotatable bonds is 9. The summed E-state index contributed by atoms with van der Waals surface area (Å²) in [5, 5.41) is 0.561. The smallest absolute Gasteiger partial charge is 0.239 e. The summed E-state index contributed by atoms with van der Waals surface area (Å²) in [5.74, 6) is -0.0454. The highest BCUT2D eigenvalue weighted by atomic mass is 35.5. The van der Waals surface area contributed by atoms with Gasteiger partial charge in [0, 0.05) is 18.0 Å². The van der Waals surface area contributed by atoms with Gasteiger partial charge in [0.15, 0.2) is 5.13 Å². The van der Waals surface area contributed by atoms with Crippen LogP contribution in [0.25, 0.3) is 10.2 Å². The molecule has 0 N–H and O–H groups in total. The van der Waals surface area contributed by atoms with E-state index < -0.39 is 0 Å². The average Bonchev–Trinajstić information content (AvgIpc) is 3.15. The Morgan fingerprint density at radius 2 is 1.79 bits per heavy atom. The van der Waals surface area contributed by atoms with Gasteiger partial charge in [0.05, 0.1) is 10.5 Å². The van der Waals surface area contributed by atoms with Crippen LogP contribution < -0.4 is 4.90 Å². The van der Waals surface area contributed by atoms with Crippen molar-refractivity contribution in [1.82, 2.24) is 9.88 Å². The summed E-state index contributed by atoms with van der Waals surface area (Å²) < 4.78 is 14.8. The van der Waals surface area contributed by atoms with Crippen LogP contribution in [0.1, 0.15) is 13.8 Å². The van der Waals surface area contributed by atoms with Gasteiger partial charge in [0.1, 0.15) is 11.3 Å². The third-order valence-corrected chi connectivity index (χ3v) is 6.57. The standard InChI is InChI=1S/C21H24FN3OS2.ClH/c1-3-24(4-2)13-14-25(19(26)15-27-16-9-6-5-7-10-16)21-23-20-17(22)11-8-12-18(20)28-21;/h5-12H,3-4,13-15H2,1-2H3;1H. The largest absolute Gasteiger partial charge is 0.302 e. The molecule has 0 spiro atoms. The molecule has 0 radical (unpaired) electrons. The number of thioether (sulfide) groups is 1. The lowest BCUT2D eigenvalue weighted by Crippen LogP contribution is -2.39. The number of carbonyl (C=O) groups is 1. The maximum absolute atomic E-state index is 14.1. The number of benzene rings is 2. The Hall–Kier alpha value is -1.67. The summed E-state index contributed by atoms with van der Waals surface area (Å²) in [7, 11) is 0. The zero-order valence-electron chi connectivity index (χ0n) is 16.5. The van der Waals surface area contributed by atoms with E-state index in [1.54, 1.807) is 11.0 Å². The van der Waals surface area contributed by atoms with Crippen LogP contribution in [-0.2, 0) is 4.79 Å². The van der Waals surface area contributed by atoms with Crippen LogP contribution >= 0.6 is 35.5 Å². The van der Waals surface area contributed by atoms with Gasteiger partial charge >= 0.3 is 0 Å². The number of amides is 1. The molecule has 1 amide bonds. The van der Waals surface area contributed by atoms with Crippen LogP contribution in [0.2, 0.25) is 0 Å². The minimum Gasteiger partial charge on any atom is -0.302 e. The fraction of sp³-hybridized carbons (Fsp3) is 0.333. The average molecular weight is 454 g/mol. The molecule has 3 aromatic rings. The first-order valence-corrected chi connectivity index (χ1v) is 11.2. The number of hydrogen-bond acceptors (Lipinski definition) is 5. The van der Waals surface area contributed by atoms with Crippen molar-refractivity contribution < 1.29 is 9.18 Å². The molecule has 0 unspecified atom stereocenters. The van der Waals surface area contributed by atoms with E-state index >= 15 is 0 Å². The zero-order valence-corrected chi connectivity index (χ0v) is 19.0. The molecule has 0 aliphatic rings. The Bertz CT molecular complexity index is 919. The maximum atomic E-state index is 14.1. The monoisotopic (exact) mass is 453 g/mol. The molecule has 3 rings (SSSR count). The van der Waals surface area contributed by atoms with Gasteiger partial charge < -0.3 is 4.90 Å². The molecule has 1 heterocycles. The number of carbonyl (C=O) groups excluding carboxylic acids is 1. The van der Waals surface area contributed by atoms with Crippen molar-refractivity contribution in [1.29, 1.82) is 0 Å². The van der Waals surface area contributed by atoms with Gasteiger partial charge in [-0.25, -0.2) is 9.37 Å². The number of nitrogens with zero attached hydrogens (tertiary/aromatic N) is 3. The molecule has 0 aliphatic carbocycles. The first-order chi connectivity index (χ1) is 13.6. The van der Waals surface area contributed by atoms with E-state index in [-0.39, 0.29) is 24.1 Å². The van der Waals surface area contributed by atoms with E-state index in [0.717, 1.165) is 29.2 Å². The molecular weight excluding hydrogens is 429 g/mol. The first-order valence-electron chi connectivity index (χ1n) is 9.38. The Kier molecular flexibility index (Phi) is 9.36. The lowest BCUT2D eigenvalue weighted by atomic mass is 10.3. The molecular formula is C21H25ClFN3OS2. The summed E-state index contributed by atoms with van der Waals surface area (Å²) in [4.78, 5) is 22.5. The fourth-order valence-corrected chi connectivity index (χ4v) is 4.69. The summed E-state index contributed by atoms with van der Waals surface area (Å²) in [6.45, 7) is 7.35. The SMILES string of the molecule is CCN(CC)CCN(C(=O)CSc1ccccc1)c1nc2c(F)cccc2s1.Cl. The molecule has 0 aliphatic heterocycles. The highest BCUT2D eigenvalue weighted by molar-refractivity contribution is 8.00. The van der Waals surface area contributed by atoms with Gasteiger partial charge in [0.2, 0.25) is 5.91 Å². The number of anilines is 1. The van der Waals surface area contributed by atoms with Gasteiger partial charge in [-0.1, -0.05) is 49.4 Å². The van der Waals surface area contributed by atoms with Gasteiger partial charge in [0.25, 0.3) is 0 Å². The number of thiazole rings is 1. The number of fused-ring (bicyclic) bond motifs is 1. The van der Waals surface area contributed by atoms with E-state index in [9.17, 15) is 9.18 Å². The lowest BCUT2D eigenvalue weighted by molar-refractivity contribution is -0.116. The summed E-state index contributed by atoms with van der Waals surface area (Å²) in [5.41, 5.74) is 0.332. The predicted octanol–water partition coefficient (Wildman–Crippen LogP) is 5.32. The Labute approximate surface area is 185 Å².